The van der Waals surface area contributed by atoms with Gasteiger partial charge in [-0.25, -0.2) is 9.78 Å². The lowest BCUT2D eigenvalue weighted by atomic mass is 10.3. The largest absolute Gasteiger partial charge is 0.476 e. The zero-order chi connectivity index (χ0) is 14.7. The van der Waals surface area contributed by atoms with Crippen molar-refractivity contribution in [3.8, 4) is 0 Å². The van der Waals surface area contributed by atoms with Crippen LogP contribution in [-0.4, -0.2) is 59.1 Å². The van der Waals surface area contributed by atoms with Crippen LogP contribution in [0.15, 0.2) is 11.6 Å². The number of nitrogens with zero attached hydrogens (tertiary/aromatic N) is 4. The van der Waals surface area contributed by atoms with Gasteiger partial charge in [-0.2, -0.15) is 0 Å². The number of carbonyl (C=O) groups is 1. The fourth-order valence-corrected chi connectivity index (χ4v) is 2.82. The van der Waals surface area contributed by atoms with Crippen molar-refractivity contribution >= 4 is 28.1 Å². The van der Waals surface area contributed by atoms with Gasteiger partial charge in [0, 0.05) is 31.2 Å². The number of fused-ring (bicyclic) bond motifs is 1. The number of hydrogen-bond acceptors (Lipinski definition) is 5. The van der Waals surface area contributed by atoms with E-state index in [0.29, 0.717) is 5.82 Å². The highest BCUT2D eigenvalue weighted by molar-refractivity contribution is 7.15. The molecule has 0 aliphatic rings. The van der Waals surface area contributed by atoms with Gasteiger partial charge in [0.25, 0.3) is 0 Å². The number of hydrogen-bond donors (Lipinski definition) is 1. The molecule has 0 atom stereocenters. The molecular formula is C13H20N4O2S. The fourth-order valence-electron chi connectivity index (χ4n) is 2.11. The van der Waals surface area contributed by atoms with Gasteiger partial charge in [-0.3, -0.25) is 4.40 Å². The number of imidazole rings is 1. The van der Waals surface area contributed by atoms with Gasteiger partial charge in [0.15, 0.2) is 16.5 Å². The Labute approximate surface area is 122 Å². The van der Waals surface area contributed by atoms with Crippen molar-refractivity contribution in [2.75, 3.05) is 38.6 Å². The van der Waals surface area contributed by atoms with E-state index in [0.717, 1.165) is 31.0 Å². The minimum atomic E-state index is -0.933. The quantitative estimate of drug-likeness (QED) is 0.845. The highest BCUT2D eigenvalue weighted by Gasteiger charge is 2.23. The van der Waals surface area contributed by atoms with Gasteiger partial charge in [0.05, 0.1) is 0 Å². The molecule has 110 valence electrons. The van der Waals surface area contributed by atoms with Crippen LogP contribution in [-0.2, 0) is 0 Å². The lowest BCUT2D eigenvalue weighted by Gasteiger charge is -2.24. The Bertz CT molecular complexity index is 590. The Kier molecular flexibility index (Phi) is 4.61. The Morgan fingerprint density at radius 1 is 1.40 bits per heavy atom. The molecule has 0 unspecified atom stereocenters. The van der Waals surface area contributed by atoms with Gasteiger partial charge < -0.3 is 14.9 Å². The molecular weight excluding hydrogens is 276 g/mol. The van der Waals surface area contributed by atoms with Crippen LogP contribution in [0.2, 0.25) is 0 Å². The molecule has 2 aromatic heterocycles. The molecule has 2 rings (SSSR count). The summed E-state index contributed by atoms with van der Waals surface area (Å²) in [6.45, 7) is 4.52. The molecule has 0 radical (unpaired) electrons. The number of anilines is 1. The van der Waals surface area contributed by atoms with Crippen LogP contribution in [0, 0.1) is 0 Å². The van der Waals surface area contributed by atoms with Gasteiger partial charge in [-0.1, -0.05) is 6.92 Å². The minimum absolute atomic E-state index is 0.258. The molecule has 20 heavy (non-hydrogen) atoms. The van der Waals surface area contributed by atoms with Crippen molar-refractivity contribution in [1.82, 2.24) is 14.3 Å². The van der Waals surface area contributed by atoms with E-state index >= 15 is 0 Å². The Morgan fingerprint density at radius 3 is 2.75 bits per heavy atom. The molecule has 0 spiro atoms. The molecule has 0 saturated heterocycles. The first kappa shape index (κ1) is 14.8. The van der Waals surface area contributed by atoms with Crippen LogP contribution in [0.4, 0.5) is 5.82 Å². The summed E-state index contributed by atoms with van der Waals surface area (Å²) in [5.74, 6) is -0.357. The van der Waals surface area contributed by atoms with E-state index in [-0.39, 0.29) is 5.69 Å². The van der Waals surface area contributed by atoms with Crippen molar-refractivity contribution in [2.24, 2.45) is 0 Å². The molecule has 7 heteroatoms. The maximum Gasteiger partial charge on any atom is 0.356 e. The number of aromatic nitrogens is 2. The Hall–Kier alpha value is -1.60. The number of likely N-dealkylation sites (N-methyl/N-ethyl adjacent to an activating group) is 1. The van der Waals surface area contributed by atoms with Crippen molar-refractivity contribution in [1.29, 1.82) is 0 Å². The number of carboxylic acid groups (broad SMARTS) is 1. The Balaban J connectivity index is 2.38. The van der Waals surface area contributed by atoms with Crippen molar-refractivity contribution < 1.29 is 9.90 Å². The predicted octanol–water partition coefficient (Wildman–Crippen LogP) is 1.87. The molecule has 0 amide bonds. The second-order valence-electron chi connectivity index (χ2n) is 4.94. The third kappa shape index (κ3) is 2.94. The van der Waals surface area contributed by atoms with Gasteiger partial charge in [0.2, 0.25) is 0 Å². The lowest BCUT2D eigenvalue weighted by molar-refractivity contribution is 0.0690. The second-order valence-corrected chi connectivity index (χ2v) is 5.81. The number of thiazole rings is 1. The van der Waals surface area contributed by atoms with E-state index in [1.165, 1.54) is 11.3 Å². The van der Waals surface area contributed by atoms with Gasteiger partial charge in [0.1, 0.15) is 0 Å². The van der Waals surface area contributed by atoms with Crippen LogP contribution in [0.5, 0.6) is 0 Å². The molecule has 0 aliphatic heterocycles. The second kappa shape index (κ2) is 6.23. The zero-order valence-corrected chi connectivity index (χ0v) is 12.9. The number of aromatic carboxylic acids is 1. The average molecular weight is 296 g/mol. The highest BCUT2D eigenvalue weighted by atomic mass is 32.1. The molecule has 0 bridgehead atoms. The highest BCUT2D eigenvalue weighted by Crippen LogP contribution is 2.24. The van der Waals surface area contributed by atoms with Crippen LogP contribution >= 0.6 is 11.3 Å². The van der Waals surface area contributed by atoms with E-state index in [1.54, 1.807) is 10.6 Å². The van der Waals surface area contributed by atoms with E-state index in [4.69, 9.17) is 0 Å². The molecule has 0 fully saturated rings. The molecule has 2 heterocycles. The topological polar surface area (TPSA) is 61.1 Å². The van der Waals surface area contributed by atoms with Gasteiger partial charge in [-0.15, -0.1) is 11.3 Å². The molecule has 2 aromatic rings. The molecule has 0 aromatic carbocycles. The summed E-state index contributed by atoms with van der Waals surface area (Å²) in [6.07, 6.45) is 2.72. The van der Waals surface area contributed by atoms with Crippen molar-refractivity contribution in [2.45, 2.75) is 13.3 Å². The van der Waals surface area contributed by atoms with Gasteiger partial charge in [-0.05, 0) is 20.5 Å². The van der Waals surface area contributed by atoms with E-state index < -0.39 is 5.97 Å². The molecule has 0 aliphatic carbocycles. The zero-order valence-electron chi connectivity index (χ0n) is 12.0. The van der Waals surface area contributed by atoms with Gasteiger partial charge >= 0.3 is 5.97 Å². The predicted molar refractivity (Wildman–Crippen MR) is 81.1 cm³/mol. The smallest absolute Gasteiger partial charge is 0.356 e. The third-order valence-corrected chi connectivity index (χ3v) is 3.81. The third-order valence-electron chi connectivity index (χ3n) is 3.06. The minimum Gasteiger partial charge on any atom is -0.476 e. The monoisotopic (exact) mass is 296 g/mol. The summed E-state index contributed by atoms with van der Waals surface area (Å²) in [6, 6.07) is 0. The van der Waals surface area contributed by atoms with Crippen LogP contribution in [0.25, 0.3) is 4.96 Å². The van der Waals surface area contributed by atoms with Crippen molar-refractivity contribution in [3.05, 3.63) is 17.3 Å². The maximum absolute atomic E-state index is 11.5. The molecule has 0 saturated carbocycles. The van der Waals surface area contributed by atoms with Crippen LogP contribution < -0.4 is 4.90 Å². The summed E-state index contributed by atoms with van der Waals surface area (Å²) in [5, 5.41) is 11.3. The standard InChI is InChI=1S/C13H20N4O2S/c1-4-5-16(7-6-15(2)3)11-10(12(18)19)17-8-9-20-13(17)14-11/h8-9H,4-7H2,1-3H3,(H,18,19). The summed E-state index contributed by atoms with van der Waals surface area (Å²) in [7, 11) is 4.02. The first-order valence-electron chi connectivity index (χ1n) is 6.63. The lowest BCUT2D eigenvalue weighted by Crippen LogP contribution is -2.33. The first-order chi connectivity index (χ1) is 9.54. The molecule has 1 N–H and O–H groups in total. The Morgan fingerprint density at radius 2 is 2.15 bits per heavy atom. The maximum atomic E-state index is 11.5. The normalized spacial score (nSPS) is 11.4. The van der Waals surface area contributed by atoms with Crippen LogP contribution in [0.3, 0.4) is 0 Å². The summed E-state index contributed by atoms with van der Waals surface area (Å²) in [5.41, 5.74) is 0.258. The van der Waals surface area contributed by atoms with Crippen LogP contribution in [0.1, 0.15) is 23.8 Å². The van der Waals surface area contributed by atoms with Crippen molar-refractivity contribution in [3.63, 3.8) is 0 Å². The molecule has 6 nitrogen and oxygen atoms in total. The first-order valence-corrected chi connectivity index (χ1v) is 7.51. The SMILES string of the molecule is CCCN(CCN(C)C)c1nc2sccn2c1C(=O)O. The number of rotatable bonds is 7. The van der Waals surface area contributed by atoms with E-state index in [2.05, 4.69) is 21.7 Å². The summed E-state index contributed by atoms with van der Waals surface area (Å²) in [4.78, 5) is 20.9. The average Bonchev–Trinajstić information content (AvgIpc) is 2.93. The van der Waals surface area contributed by atoms with E-state index in [9.17, 15) is 9.90 Å². The fraction of sp³-hybridized carbons (Fsp3) is 0.538. The van der Waals surface area contributed by atoms with E-state index in [1.807, 2.05) is 19.5 Å². The number of carboxylic acids is 1. The summed E-state index contributed by atoms with van der Waals surface area (Å²) < 4.78 is 1.65. The summed E-state index contributed by atoms with van der Waals surface area (Å²) >= 11 is 1.45.